The first-order chi connectivity index (χ1) is 8.56. The van der Waals surface area contributed by atoms with Crippen LogP contribution in [0.25, 0.3) is 0 Å². The minimum Gasteiger partial charge on any atom is -0.368 e. The molecule has 0 saturated carbocycles. The minimum atomic E-state index is -1.01. The number of hydrogen-bond acceptors (Lipinski definition) is 3. The summed E-state index contributed by atoms with van der Waals surface area (Å²) in [4.78, 5) is 28.6. The van der Waals surface area contributed by atoms with Crippen molar-refractivity contribution in [1.29, 1.82) is 0 Å². The average Bonchev–Trinajstić information content (AvgIpc) is 2.75. The van der Waals surface area contributed by atoms with E-state index in [9.17, 15) is 9.59 Å². The van der Waals surface area contributed by atoms with Gasteiger partial charge in [0.05, 0.1) is 0 Å². The van der Waals surface area contributed by atoms with E-state index in [4.69, 9.17) is 11.5 Å². The van der Waals surface area contributed by atoms with Crippen LogP contribution in [-0.4, -0.2) is 33.9 Å². The molecular formula is C12H16N4O2. The fourth-order valence-corrected chi connectivity index (χ4v) is 2.57. The monoisotopic (exact) mass is 248 g/mol. The molecule has 1 aromatic heterocycles. The highest BCUT2D eigenvalue weighted by molar-refractivity contribution is 5.90. The van der Waals surface area contributed by atoms with Crippen molar-refractivity contribution in [2.45, 2.75) is 24.8 Å². The lowest BCUT2D eigenvalue weighted by atomic mass is 9.88. The van der Waals surface area contributed by atoms with Crippen LogP contribution < -0.4 is 11.5 Å². The van der Waals surface area contributed by atoms with Gasteiger partial charge in [-0.05, 0) is 24.5 Å². The van der Waals surface area contributed by atoms with E-state index in [1.165, 1.54) is 4.90 Å². The molecule has 2 heterocycles. The summed E-state index contributed by atoms with van der Waals surface area (Å²) >= 11 is 0. The Hall–Kier alpha value is -2.11. The highest BCUT2D eigenvalue weighted by atomic mass is 16.2. The van der Waals surface area contributed by atoms with Gasteiger partial charge >= 0.3 is 6.03 Å². The predicted octanol–water partition coefficient (Wildman–Crippen LogP) is 0.0227. The third kappa shape index (κ3) is 2.01. The van der Waals surface area contributed by atoms with Crippen LogP contribution in [0.4, 0.5) is 4.79 Å². The Labute approximate surface area is 105 Å². The van der Waals surface area contributed by atoms with Crippen LogP contribution in [0.3, 0.4) is 0 Å². The van der Waals surface area contributed by atoms with E-state index in [0.29, 0.717) is 19.4 Å². The molecule has 0 bridgehead atoms. The van der Waals surface area contributed by atoms with Crippen LogP contribution in [0.15, 0.2) is 24.5 Å². The van der Waals surface area contributed by atoms with Crippen molar-refractivity contribution in [3.63, 3.8) is 0 Å². The lowest BCUT2D eigenvalue weighted by molar-refractivity contribution is -0.127. The molecule has 1 unspecified atom stereocenters. The second kappa shape index (κ2) is 4.64. The van der Waals surface area contributed by atoms with E-state index in [1.807, 2.05) is 6.07 Å². The molecule has 18 heavy (non-hydrogen) atoms. The number of hydrogen-bond donors (Lipinski definition) is 2. The average molecular weight is 248 g/mol. The second-order valence-electron chi connectivity index (χ2n) is 4.53. The molecule has 96 valence electrons. The summed E-state index contributed by atoms with van der Waals surface area (Å²) in [7, 11) is 0. The Morgan fingerprint density at radius 2 is 2.22 bits per heavy atom. The molecule has 0 aliphatic carbocycles. The third-order valence-corrected chi connectivity index (χ3v) is 3.43. The van der Waals surface area contributed by atoms with Gasteiger partial charge in [0.15, 0.2) is 0 Å². The van der Waals surface area contributed by atoms with Crippen molar-refractivity contribution < 1.29 is 9.59 Å². The van der Waals surface area contributed by atoms with Crippen LogP contribution in [0, 0.1) is 0 Å². The Bertz CT molecular complexity index is 462. The number of carbonyl (C=O) groups is 2. The lowest BCUT2D eigenvalue weighted by Gasteiger charge is -2.34. The molecule has 1 aliphatic rings. The number of pyridine rings is 1. The zero-order chi connectivity index (χ0) is 13.2. The first-order valence-corrected chi connectivity index (χ1v) is 5.82. The molecule has 1 aromatic rings. The SMILES string of the molecule is NC(=O)N1CCCC1(Cc1cccnc1)C(N)=O. The molecule has 3 amide bonds. The van der Waals surface area contributed by atoms with Gasteiger partial charge in [0.25, 0.3) is 0 Å². The van der Waals surface area contributed by atoms with Crippen LogP contribution in [0.5, 0.6) is 0 Å². The van der Waals surface area contributed by atoms with Crippen molar-refractivity contribution in [3.8, 4) is 0 Å². The Balaban J connectivity index is 2.33. The zero-order valence-electron chi connectivity index (χ0n) is 10.0. The van der Waals surface area contributed by atoms with Crippen LogP contribution in [-0.2, 0) is 11.2 Å². The number of nitrogens with zero attached hydrogens (tertiary/aromatic N) is 2. The van der Waals surface area contributed by atoms with Gasteiger partial charge in [-0.15, -0.1) is 0 Å². The molecule has 6 nitrogen and oxygen atoms in total. The summed E-state index contributed by atoms with van der Waals surface area (Å²) in [5.41, 5.74) is 10.7. The number of urea groups is 1. The molecule has 1 aliphatic heterocycles. The summed E-state index contributed by atoms with van der Waals surface area (Å²) in [6.07, 6.45) is 4.95. The normalized spacial score (nSPS) is 23.0. The number of primary amides is 2. The Kier molecular flexibility index (Phi) is 3.18. The van der Waals surface area contributed by atoms with Gasteiger partial charge < -0.3 is 16.4 Å². The van der Waals surface area contributed by atoms with E-state index < -0.39 is 17.5 Å². The second-order valence-corrected chi connectivity index (χ2v) is 4.53. The maximum absolute atomic E-state index is 11.8. The van der Waals surface area contributed by atoms with Crippen molar-refractivity contribution in [2.24, 2.45) is 11.5 Å². The summed E-state index contributed by atoms with van der Waals surface area (Å²) in [5.74, 6) is -0.511. The summed E-state index contributed by atoms with van der Waals surface area (Å²) in [5, 5.41) is 0. The molecule has 0 spiro atoms. The van der Waals surface area contributed by atoms with E-state index in [-0.39, 0.29) is 0 Å². The number of rotatable bonds is 3. The van der Waals surface area contributed by atoms with Gasteiger partial charge in [-0.2, -0.15) is 0 Å². The van der Waals surface area contributed by atoms with E-state index in [2.05, 4.69) is 4.98 Å². The van der Waals surface area contributed by atoms with Crippen molar-refractivity contribution in [3.05, 3.63) is 30.1 Å². The number of amides is 3. The first-order valence-electron chi connectivity index (χ1n) is 5.82. The van der Waals surface area contributed by atoms with Gasteiger partial charge in [-0.3, -0.25) is 9.78 Å². The fourth-order valence-electron chi connectivity index (χ4n) is 2.57. The molecule has 0 radical (unpaired) electrons. The van der Waals surface area contributed by atoms with E-state index >= 15 is 0 Å². The van der Waals surface area contributed by atoms with Crippen molar-refractivity contribution in [1.82, 2.24) is 9.88 Å². The van der Waals surface area contributed by atoms with E-state index in [0.717, 1.165) is 12.0 Å². The van der Waals surface area contributed by atoms with Crippen molar-refractivity contribution in [2.75, 3.05) is 6.54 Å². The van der Waals surface area contributed by atoms with Gasteiger partial charge in [0.2, 0.25) is 5.91 Å². The Morgan fingerprint density at radius 1 is 1.44 bits per heavy atom. The largest absolute Gasteiger partial charge is 0.368 e. The maximum atomic E-state index is 11.8. The Morgan fingerprint density at radius 3 is 2.78 bits per heavy atom. The highest BCUT2D eigenvalue weighted by Crippen LogP contribution is 2.32. The number of likely N-dealkylation sites (tertiary alicyclic amines) is 1. The summed E-state index contributed by atoms with van der Waals surface area (Å²) in [6, 6.07) is 3.04. The van der Waals surface area contributed by atoms with Gasteiger partial charge in [0.1, 0.15) is 5.54 Å². The molecule has 6 heteroatoms. The molecule has 4 N–H and O–H groups in total. The smallest absolute Gasteiger partial charge is 0.315 e. The topological polar surface area (TPSA) is 102 Å². The van der Waals surface area contributed by atoms with Crippen LogP contribution in [0.2, 0.25) is 0 Å². The highest BCUT2D eigenvalue weighted by Gasteiger charge is 2.47. The third-order valence-electron chi connectivity index (χ3n) is 3.43. The quantitative estimate of drug-likeness (QED) is 0.788. The molecule has 1 atom stereocenters. The molecule has 1 fully saturated rings. The molecule has 2 rings (SSSR count). The zero-order valence-corrected chi connectivity index (χ0v) is 10.0. The number of nitrogens with two attached hydrogens (primary N) is 2. The van der Waals surface area contributed by atoms with Crippen molar-refractivity contribution >= 4 is 11.9 Å². The molecular weight excluding hydrogens is 232 g/mol. The number of aromatic nitrogens is 1. The van der Waals surface area contributed by atoms with Gasteiger partial charge in [-0.1, -0.05) is 6.07 Å². The van der Waals surface area contributed by atoms with Gasteiger partial charge in [0, 0.05) is 25.4 Å². The van der Waals surface area contributed by atoms with Gasteiger partial charge in [-0.25, -0.2) is 4.79 Å². The molecule has 0 aromatic carbocycles. The predicted molar refractivity (Wildman–Crippen MR) is 65.4 cm³/mol. The standard InChI is InChI=1S/C12H16N4O2/c13-10(17)12(4-2-6-16(12)11(14)18)7-9-3-1-5-15-8-9/h1,3,5,8H,2,4,6-7H2,(H2,13,17)(H2,14,18). The summed E-state index contributed by atoms with van der Waals surface area (Å²) < 4.78 is 0. The minimum absolute atomic E-state index is 0.360. The lowest BCUT2D eigenvalue weighted by Crippen LogP contribution is -2.58. The summed E-state index contributed by atoms with van der Waals surface area (Å²) in [6.45, 7) is 0.471. The molecule has 1 saturated heterocycles. The fraction of sp³-hybridized carbons (Fsp3) is 0.417. The van der Waals surface area contributed by atoms with Crippen LogP contribution in [0.1, 0.15) is 18.4 Å². The van der Waals surface area contributed by atoms with E-state index in [1.54, 1.807) is 18.5 Å². The maximum Gasteiger partial charge on any atom is 0.315 e. The number of carbonyl (C=O) groups excluding carboxylic acids is 2. The van der Waals surface area contributed by atoms with Crippen LogP contribution >= 0.6 is 0 Å². The first kappa shape index (κ1) is 12.3.